The Kier molecular flexibility index (Phi) is 12.7. The van der Waals surface area contributed by atoms with Gasteiger partial charge in [-0.3, -0.25) is 0 Å². The van der Waals surface area contributed by atoms with Crippen LogP contribution in [0.1, 0.15) is 53.4 Å². The molecule has 0 unspecified atom stereocenters. The van der Waals surface area contributed by atoms with Gasteiger partial charge >= 0.3 is 17.9 Å². The molecule has 0 fully saturated rings. The van der Waals surface area contributed by atoms with Crippen LogP contribution in [0.4, 0.5) is 0 Å². The Morgan fingerprint density at radius 2 is 1.24 bits per heavy atom. The van der Waals surface area contributed by atoms with Gasteiger partial charge < -0.3 is 13.9 Å². The minimum Gasteiger partial charge on any atom is -0.517 e. The fraction of sp³-hybridized carbons (Fsp3) is 0.722. The summed E-state index contributed by atoms with van der Waals surface area (Å²) in [5.41, 5.74) is 0. The second kappa shape index (κ2) is 13.6. The van der Waals surface area contributed by atoms with E-state index in [2.05, 4.69) is 20.8 Å². The normalized spacial score (nSPS) is 11.4. The molecule has 0 N–H and O–H groups in total. The molecule has 0 aliphatic carbocycles. The topological polar surface area (TPSA) is 78.9 Å². The molecule has 0 aromatic carbocycles. The maximum Gasteiger partial charge on any atom is 0.331 e. The Morgan fingerprint density at radius 1 is 0.760 bits per heavy atom. The van der Waals surface area contributed by atoms with Crippen LogP contribution in [-0.2, 0) is 28.3 Å². The highest BCUT2D eigenvalue weighted by Gasteiger charge is 2.36. The van der Waals surface area contributed by atoms with Gasteiger partial charge in [0.05, 0.1) is 6.61 Å². The monoisotopic (exact) mass is 372 g/mol. The summed E-state index contributed by atoms with van der Waals surface area (Å²) in [6, 6.07) is 2.78. The average Bonchev–Trinajstić information content (AvgIpc) is 2.57. The molecule has 0 aliphatic rings. The van der Waals surface area contributed by atoms with Gasteiger partial charge in [0, 0.05) is 12.2 Å². The van der Waals surface area contributed by atoms with E-state index in [0.29, 0.717) is 13.0 Å². The first-order chi connectivity index (χ1) is 11.9. The highest BCUT2D eigenvalue weighted by molar-refractivity contribution is 6.75. The van der Waals surface area contributed by atoms with Gasteiger partial charge in [-0.15, -0.1) is 0 Å². The molecule has 0 amide bonds. The fourth-order valence-electron chi connectivity index (χ4n) is 2.73. The number of ether oxygens (including phenoxy) is 2. The summed E-state index contributed by atoms with van der Waals surface area (Å²) in [4.78, 5) is 34.9. The SMILES string of the molecule is CCCOC(=O)/C=C/C(=O)OCC(=O)O[Si](CCC)(CCC)CCC. The molecular weight excluding hydrogens is 340 g/mol. The summed E-state index contributed by atoms with van der Waals surface area (Å²) in [5.74, 6) is -1.88. The first-order valence-electron chi connectivity index (χ1n) is 9.16. The first-order valence-corrected chi connectivity index (χ1v) is 11.7. The first kappa shape index (κ1) is 23.4. The Hall–Kier alpha value is -1.63. The summed E-state index contributed by atoms with van der Waals surface area (Å²) >= 11 is 0. The zero-order valence-electron chi connectivity index (χ0n) is 16.0. The molecule has 0 radical (unpaired) electrons. The van der Waals surface area contributed by atoms with Crippen molar-refractivity contribution < 1.29 is 28.3 Å². The fourth-order valence-corrected chi connectivity index (χ4v) is 7.06. The number of rotatable bonds is 13. The van der Waals surface area contributed by atoms with Crippen LogP contribution in [0.3, 0.4) is 0 Å². The lowest BCUT2D eigenvalue weighted by atomic mass is 10.5. The molecule has 0 aromatic rings. The molecule has 6 nitrogen and oxygen atoms in total. The predicted molar refractivity (Wildman–Crippen MR) is 98.5 cm³/mol. The van der Waals surface area contributed by atoms with Crippen molar-refractivity contribution in [2.24, 2.45) is 0 Å². The third-order valence-corrected chi connectivity index (χ3v) is 8.48. The Morgan fingerprint density at radius 3 is 1.68 bits per heavy atom. The van der Waals surface area contributed by atoms with Crippen molar-refractivity contribution in [2.45, 2.75) is 71.5 Å². The second-order valence-corrected chi connectivity index (χ2v) is 10.1. The third kappa shape index (κ3) is 10.8. The van der Waals surface area contributed by atoms with Gasteiger partial charge in [0.25, 0.3) is 8.32 Å². The zero-order valence-corrected chi connectivity index (χ0v) is 17.0. The van der Waals surface area contributed by atoms with Crippen molar-refractivity contribution in [3.05, 3.63) is 12.2 Å². The van der Waals surface area contributed by atoms with E-state index in [1.807, 2.05) is 6.92 Å². The van der Waals surface area contributed by atoms with Crippen LogP contribution in [0.15, 0.2) is 12.2 Å². The summed E-state index contributed by atoms with van der Waals surface area (Å²) < 4.78 is 15.4. The molecule has 0 saturated heterocycles. The van der Waals surface area contributed by atoms with E-state index in [9.17, 15) is 14.4 Å². The van der Waals surface area contributed by atoms with E-state index in [1.54, 1.807) is 0 Å². The van der Waals surface area contributed by atoms with E-state index < -0.39 is 32.8 Å². The summed E-state index contributed by atoms with van der Waals surface area (Å²) in [6.45, 7) is 7.99. The zero-order chi connectivity index (χ0) is 19.1. The standard InChI is InChI=1S/C18H32O6Si/c1-5-11-22-16(19)9-10-17(20)23-15-18(21)24-25(12-6-2,13-7-3)14-8-4/h9-10H,5-8,11-15H2,1-4H3/b10-9+. The van der Waals surface area contributed by atoms with E-state index in [4.69, 9.17) is 13.9 Å². The predicted octanol–water partition coefficient (Wildman–Crippen LogP) is 3.76. The van der Waals surface area contributed by atoms with Crippen LogP contribution < -0.4 is 0 Å². The third-order valence-electron chi connectivity index (χ3n) is 3.58. The molecule has 25 heavy (non-hydrogen) atoms. The van der Waals surface area contributed by atoms with Crippen LogP contribution in [0.2, 0.25) is 18.1 Å². The van der Waals surface area contributed by atoms with Crippen molar-refractivity contribution in [3.8, 4) is 0 Å². The van der Waals surface area contributed by atoms with Crippen molar-refractivity contribution in [3.63, 3.8) is 0 Å². The number of esters is 2. The van der Waals surface area contributed by atoms with Crippen LogP contribution in [0.5, 0.6) is 0 Å². The van der Waals surface area contributed by atoms with Crippen molar-refractivity contribution in [1.82, 2.24) is 0 Å². The Labute approximate surface area is 152 Å². The number of hydrogen-bond acceptors (Lipinski definition) is 6. The van der Waals surface area contributed by atoms with E-state index in [1.165, 1.54) is 0 Å². The molecule has 0 aliphatic heterocycles. The van der Waals surface area contributed by atoms with Gasteiger partial charge in [-0.2, -0.15) is 0 Å². The van der Waals surface area contributed by atoms with Gasteiger partial charge in [-0.05, 0) is 24.6 Å². The number of carbonyl (C=O) groups excluding carboxylic acids is 3. The molecule has 0 rings (SSSR count). The van der Waals surface area contributed by atoms with Crippen molar-refractivity contribution in [1.29, 1.82) is 0 Å². The molecule has 0 saturated carbocycles. The molecule has 144 valence electrons. The Balaban J connectivity index is 4.48. The lowest BCUT2D eigenvalue weighted by Crippen LogP contribution is -2.41. The van der Waals surface area contributed by atoms with Gasteiger partial charge in [0.2, 0.25) is 0 Å². The molecule has 7 heteroatoms. The van der Waals surface area contributed by atoms with E-state index >= 15 is 0 Å². The summed E-state index contributed by atoms with van der Waals surface area (Å²) in [6.07, 6.45) is 5.58. The number of carbonyl (C=O) groups is 3. The minimum atomic E-state index is -2.11. The van der Waals surface area contributed by atoms with Gasteiger partial charge in [0.1, 0.15) is 0 Å². The van der Waals surface area contributed by atoms with Crippen LogP contribution in [0.25, 0.3) is 0 Å². The maximum atomic E-state index is 12.1. The lowest BCUT2D eigenvalue weighted by Gasteiger charge is -2.30. The van der Waals surface area contributed by atoms with Gasteiger partial charge in [-0.1, -0.05) is 47.0 Å². The lowest BCUT2D eigenvalue weighted by molar-refractivity contribution is -0.150. The highest BCUT2D eigenvalue weighted by Crippen LogP contribution is 2.27. The van der Waals surface area contributed by atoms with Crippen LogP contribution in [-0.4, -0.2) is 39.4 Å². The molecule has 0 bridgehead atoms. The van der Waals surface area contributed by atoms with Gasteiger partial charge in [0.15, 0.2) is 6.61 Å². The largest absolute Gasteiger partial charge is 0.517 e. The van der Waals surface area contributed by atoms with Crippen LogP contribution >= 0.6 is 0 Å². The van der Waals surface area contributed by atoms with Gasteiger partial charge in [-0.25, -0.2) is 14.4 Å². The second-order valence-electron chi connectivity index (χ2n) is 6.02. The molecule has 0 atom stereocenters. The average molecular weight is 373 g/mol. The number of hydrogen-bond donors (Lipinski definition) is 0. The molecular formula is C18H32O6Si. The molecule has 0 spiro atoms. The van der Waals surface area contributed by atoms with E-state index in [-0.39, 0.29) is 0 Å². The van der Waals surface area contributed by atoms with Crippen molar-refractivity contribution >= 4 is 26.2 Å². The molecule has 0 heterocycles. The highest BCUT2D eigenvalue weighted by atomic mass is 28.4. The van der Waals surface area contributed by atoms with Crippen molar-refractivity contribution in [2.75, 3.05) is 13.2 Å². The smallest absolute Gasteiger partial charge is 0.331 e. The van der Waals surface area contributed by atoms with Crippen LogP contribution in [0, 0.1) is 0 Å². The maximum absolute atomic E-state index is 12.1. The summed E-state index contributed by atoms with van der Waals surface area (Å²) in [7, 11) is -2.11. The quantitative estimate of drug-likeness (QED) is 0.278. The Bertz CT molecular complexity index is 430. The molecule has 0 aromatic heterocycles. The summed E-state index contributed by atoms with van der Waals surface area (Å²) in [5, 5.41) is 0. The van der Waals surface area contributed by atoms with E-state index in [0.717, 1.165) is 49.5 Å². The minimum absolute atomic E-state index is 0.295.